The molecule has 4 heterocycles. The summed E-state index contributed by atoms with van der Waals surface area (Å²) in [4.78, 5) is 28.3. The van der Waals surface area contributed by atoms with Crippen LogP contribution in [-0.2, 0) is 18.3 Å². The van der Waals surface area contributed by atoms with Gasteiger partial charge in [0.2, 0.25) is 5.95 Å². The molecule has 8 nitrogen and oxygen atoms in total. The summed E-state index contributed by atoms with van der Waals surface area (Å²) in [6.07, 6.45) is 1.85. The predicted molar refractivity (Wildman–Crippen MR) is 104 cm³/mol. The third-order valence-corrected chi connectivity index (χ3v) is 4.74. The molecule has 0 spiro atoms. The zero-order valence-electron chi connectivity index (χ0n) is 15.4. The topological polar surface area (TPSA) is 99.2 Å². The predicted octanol–water partition coefficient (Wildman–Crippen LogP) is 1.07. The fourth-order valence-corrected chi connectivity index (χ4v) is 3.25. The zero-order valence-corrected chi connectivity index (χ0v) is 15.4. The fourth-order valence-electron chi connectivity index (χ4n) is 3.25. The number of morpholine rings is 1. The Morgan fingerprint density at radius 3 is 2.89 bits per heavy atom. The number of anilines is 1. The minimum Gasteiger partial charge on any atom is -0.375 e. The Hall–Kier alpha value is -2.84. The average Bonchev–Trinajstić information content (AvgIpc) is 2.69. The summed E-state index contributed by atoms with van der Waals surface area (Å²) in [5.74, 6) is 0.631. The molecule has 2 N–H and O–H groups in total. The van der Waals surface area contributed by atoms with Crippen LogP contribution in [0.25, 0.3) is 22.3 Å². The van der Waals surface area contributed by atoms with Crippen molar-refractivity contribution in [3.63, 3.8) is 0 Å². The molecule has 1 atom stereocenters. The van der Waals surface area contributed by atoms with Crippen LogP contribution >= 0.6 is 0 Å². The van der Waals surface area contributed by atoms with Gasteiger partial charge in [-0.25, -0.2) is 9.97 Å². The molecule has 140 valence electrons. The van der Waals surface area contributed by atoms with Crippen LogP contribution in [-0.4, -0.2) is 45.3 Å². The quantitative estimate of drug-likeness (QED) is 0.740. The van der Waals surface area contributed by atoms with E-state index in [1.807, 2.05) is 25.1 Å². The van der Waals surface area contributed by atoms with Gasteiger partial charge in [-0.3, -0.25) is 14.3 Å². The average molecular weight is 366 g/mol. The lowest BCUT2D eigenvalue weighted by Gasteiger charge is -2.32. The smallest absolute Gasteiger partial charge is 0.255 e. The Balaban J connectivity index is 1.79. The molecular formula is C19H22N6O2. The highest BCUT2D eigenvalue weighted by molar-refractivity contribution is 5.80. The van der Waals surface area contributed by atoms with Gasteiger partial charge in [-0.2, -0.15) is 0 Å². The van der Waals surface area contributed by atoms with Crippen LogP contribution < -0.4 is 16.2 Å². The third kappa shape index (κ3) is 3.41. The van der Waals surface area contributed by atoms with Gasteiger partial charge < -0.3 is 15.4 Å². The first kappa shape index (κ1) is 17.6. The van der Waals surface area contributed by atoms with Gasteiger partial charge in [-0.05, 0) is 25.1 Å². The SMILES string of the molecule is CC1CN(c2nc(-c3ccc4cnc(CN)cc4n3)cc(=O)n2C)CCO1. The lowest BCUT2D eigenvalue weighted by Crippen LogP contribution is -2.44. The number of ether oxygens (including phenoxy) is 1. The first-order valence-corrected chi connectivity index (χ1v) is 8.96. The van der Waals surface area contributed by atoms with E-state index >= 15 is 0 Å². The Labute approximate surface area is 156 Å². The van der Waals surface area contributed by atoms with E-state index in [0.717, 1.165) is 16.6 Å². The molecule has 3 aromatic heterocycles. The molecule has 1 saturated heterocycles. The lowest BCUT2D eigenvalue weighted by molar-refractivity contribution is 0.0523. The Kier molecular flexibility index (Phi) is 4.59. The van der Waals surface area contributed by atoms with Crippen LogP contribution in [0.4, 0.5) is 5.95 Å². The number of pyridine rings is 2. The van der Waals surface area contributed by atoms with E-state index in [-0.39, 0.29) is 11.7 Å². The van der Waals surface area contributed by atoms with Gasteiger partial charge in [0.15, 0.2) is 0 Å². The summed E-state index contributed by atoms with van der Waals surface area (Å²) in [6.45, 7) is 4.38. The minimum absolute atomic E-state index is 0.0975. The Morgan fingerprint density at radius 1 is 1.26 bits per heavy atom. The van der Waals surface area contributed by atoms with E-state index in [1.165, 1.54) is 6.07 Å². The molecule has 0 aromatic carbocycles. The monoisotopic (exact) mass is 366 g/mol. The standard InChI is InChI=1S/C19H22N6O2/c1-12-11-25(5-6-27-12)19-23-17(8-18(26)24(19)2)15-4-3-13-10-21-14(9-20)7-16(13)22-15/h3-4,7-8,10,12H,5-6,9,11,20H2,1-2H3. The molecule has 0 radical (unpaired) electrons. The number of nitrogens with zero attached hydrogens (tertiary/aromatic N) is 5. The summed E-state index contributed by atoms with van der Waals surface area (Å²) in [6, 6.07) is 7.18. The van der Waals surface area contributed by atoms with Gasteiger partial charge in [-0.1, -0.05) is 0 Å². The summed E-state index contributed by atoms with van der Waals surface area (Å²) >= 11 is 0. The molecule has 0 saturated carbocycles. The molecule has 1 aliphatic heterocycles. The normalized spacial score (nSPS) is 17.4. The molecule has 1 fully saturated rings. The Bertz CT molecular complexity index is 1050. The van der Waals surface area contributed by atoms with E-state index in [2.05, 4.69) is 14.9 Å². The Morgan fingerprint density at radius 2 is 2.11 bits per heavy atom. The van der Waals surface area contributed by atoms with Crippen LogP contribution in [0.3, 0.4) is 0 Å². The van der Waals surface area contributed by atoms with Crippen LogP contribution in [0.15, 0.2) is 35.3 Å². The van der Waals surface area contributed by atoms with Crippen molar-refractivity contribution in [3.8, 4) is 11.4 Å². The van der Waals surface area contributed by atoms with E-state index in [4.69, 9.17) is 15.5 Å². The third-order valence-electron chi connectivity index (χ3n) is 4.74. The molecular weight excluding hydrogens is 344 g/mol. The number of hydrogen-bond donors (Lipinski definition) is 1. The molecule has 3 aromatic rings. The maximum atomic E-state index is 12.5. The van der Waals surface area contributed by atoms with Crippen LogP contribution in [0.2, 0.25) is 0 Å². The number of hydrogen-bond acceptors (Lipinski definition) is 7. The maximum Gasteiger partial charge on any atom is 0.255 e. The minimum atomic E-state index is -0.117. The van der Waals surface area contributed by atoms with Crippen molar-refractivity contribution in [2.24, 2.45) is 12.8 Å². The van der Waals surface area contributed by atoms with Gasteiger partial charge in [0.1, 0.15) is 0 Å². The number of nitrogens with two attached hydrogens (primary N) is 1. The van der Waals surface area contributed by atoms with Crippen molar-refractivity contribution in [1.82, 2.24) is 19.5 Å². The van der Waals surface area contributed by atoms with Gasteiger partial charge in [-0.15, -0.1) is 0 Å². The van der Waals surface area contributed by atoms with Crippen LogP contribution in [0.5, 0.6) is 0 Å². The number of fused-ring (bicyclic) bond motifs is 1. The van der Waals surface area contributed by atoms with Crippen LogP contribution in [0, 0.1) is 0 Å². The maximum absolute atomic E-state index is 12.5. The molecule has 27 heavy (non-hydrogen) atoms. The highest BCUT2D eigenvalue weighted by atomic mass is 16.5. The summed E-state index contributed by atoms with van der Waals surface area (Å²) < 4.78 is 7.17. The van der Waals surface area contributed by atoms with Gasteiger partial charge in [0, 0.05) is 44.3 Å². The van der Waals surface area contributed by atoms with Crippen LogP contribution in [0.1, 0.15) is 12.6 Å². The van der Waals surface area contributed by atoms with E-state index in [9.17, 15) is 4.79 Å². The lowest BCUT2D eigenvalue weighted by atomic mass is 10.2. The molecule has 0 amide bonds. The summed E-state index contributed by atoms with van der Waals surface area (Å²) in [5, 5.41) is 0.919. The van der Waals surface area contributed by atoms with E-state index in [0.29, 0.717) is 43.6 Å². The second kappa shape index (κ2) is 7.05. The molecule has 0 aliphatic carbocycles. The van der Waals surface area contributed by atoms with E-state index in [1.54, 1.807) is 17.8 Å². The molecule has 1 aliphatic rings. The van der Waals surface area contributed by atoms with Crippen molar-refractivity contribution >= 4 is 16.9 Å². The van der Waals surface area contributed by atoms with Crippen molar-refractivity contribution in [2.75, 3.05) is 24.6 Å². The second-order valence-electron chi connectivity index (χ2n) is 6.74. The highest BCUT2D eigenvalue weighted by Crippen LogP contribution is 2.21. The summed E-state index contributed by atoms with van der Waals surface area (Å²) in [5.41, 5.74) is 8.32. The van der Waals surface area contributed by atoms with Gasteiger partial charge in [0.25, 0.3) is 5.56 Å². The van der Waals surface area contributed by atoms with Crippen molar-refractivity contribution in [2.45, 2.75) is 19.6 Å². The number of aromatic nitrogens is 4. The first-order chi connectivity index (χ1) is 13.0. The fraction of sp³-hybridized carbons (Fsp3) is 0.368. The molecule has 0 bridgehead atoms. The second-order valence-corrected chi connectivity index (χ2v) is 6.74. The number of rotatable bonds is 3. The molecule has 4 rings (SSSR count). The zero-order chi connectivity index (χ0) is 19.0. The highest BCUT2D eigenvalue weighted by Gasteiger charge is 2.21. The molecule has 1 unspecified atom stereocenters. The van der Waals surface area contributed by atoms with Gasteiger partial charge in [0.05, 0.1) is 35.3 Å². The largest absolute Gasteiger partial charge is 0.375 e. The van der Waals surface area contributed by atoms with Crippen molar-refractivity contribution in [3.05, 3.63) is 46.5 Å². The first-order valence-electron chi connectivity index (χ1n) is 8.96. The van der Waals surface area contributed by atoms with E-state index < -0.39 is 0 Å². The van der Waals surface area contributed by atoms with Crippen molar-refractivity contribution in [1.29, 1.82) is 0 Å². The van der Waals surface area contributed by atoms with Gasteiger partial charge >= 0.3 is 0 Å². The molecule has 8 heteroatoms. The van der Waals surface area contributed by atoms with Crippen molar-refractivity contribution < 1.29 is 4.74 Å². The summed E-state index contributed by atoms with van der Waals surface area (Å²) in [7, 11) is 1.74.